The molecule has 2 heterocycles. The zero-order valence-electron chi connectivity index (χ0n) is 12.8. The topological polar surface area (TPSA) is 119 Å². The third kappa shape index (κ3) is 3.17. The van der Waals surface area contributed by atoms with Crippen molar-refractivity contribution in [3.05, 3.63) is 28.3 Å². The first-order valence-corrected chi connectivity index (χ1v) is 9.10. The number of nitro benzene ring substituents is 1. The molecule has 23 heavy (non-hydrogen) atoms. The summed E-state index contributed by atoms with van der Waals surface area (Å²) in [5.41, 5.74) is 0.0825. The molecule has 0 saturated carbocycles. The summed E-state index contributed by atoms with van der Waals surface area (Å²) in [7, 11) is -1.84. The summed E-state index contributed by atoms with van der Waals surface area (Å²) in [5.74, 6) is 0. The quantitative estimate of drug-likeness (QED) is 0.629. The monoisotopic (exact) mass is 340 g/mol. The standard InChI is InChI=1S/C14H20N4O4S/c1-17-10-2-3-11(17)7-9(6-10)16-13-5-4-12(23(15,21)22)8-14(13)18(19)20/h4-5,8-11,16H,2-3,6-7H2,1H3,(H2,15,21,22)/t9-,10-,11+. The molecule has 0 radical (unpaired) electrons. The van der Waals surface area contributed by atoms with E-state index in [2.05, 4.69) is 17.3 Å². The summed E-state index contributed by atoms with van der Waals surface area (Å²) in [6.45, 7) is 0. The van der Waals surface area contributed by atoms with Crippen molar-refractivity contribution in [2.75, 3.05) is 12.4 Å². The van der Waals surface area contributed by atoms with Gasteiger partial charge in [-0.2, -0.15) is 0 Å². The average Bonchev–Trinajstić information content (AvgIpc) is 2.69. The second-order valence-electron chi connectivity index (χ2n) is 6.34. The summed E-state index contributed by atoms with van der Waals surface area (Å²) in [5, 5.41) is 19.5. The van der Waals surface area contributed by atoms with Crippen LogP contribution in [-0.4, -0.2) is 43.4 Å². The van der Waals surface area contributed by atoms with Gasteiger partial charge in [0, 0.05) is 24.2 Å². The number of primary sulfonamides is 1. The summed E-state index contributed by atoms with van der Waals surface area (Å²) in [6.07, 6.45) is 4.18. The Morgan fingerprint density at radius 1 is 1.30 bits per heavy atom. The van der Waals surface area contributed by atoms with E-state index in [1.807, 2.05) is 0 Å². The van der Waals surface area contributed by atoms with E-state index in [1.54, 1.807) is 0 Å². The number of anilines is 1. The maximum absolute atomic E-state index is 11.4. The number of fused-ring (bicyclic) bond motifs is 2. The first-order valence-electron chi connectivity index (χ1n) is 7.55. The van der Waals surface area contributed by atoms with Crippen molar-refractivity contribution >= 4 is 21.4 Å². The Bertz CT molecular complexity index is 722. The van der Waals surface area contributed by atoms with Gasteiger partial charge in [-0.05, 0) is 44.9 Å². The summed E-state index contributed by atoms with van der Waals surface area (Å²) >= 11 is 0. The maximum atomic E-state index is 11.4. The summed E-state index contributed by atoms with van der Waals surface area (Å²) in [6, 6.07) is 4.92. The predicted molar refractivity (Wildman–Crippen MR) is 85.7 cm³/mol. The SMILES string of the molecule is CN1[C@@H]2CC[C@H]1C[C@H](Nc1ccc(S(N)(=O)=O)cc1[N+](=O)[O-])C2. The van der Waals surface area contributed by atoms with Crippen LogP contribution in [0.2, 0.25) is 0 Å². The minimum absolute atomic E-state index is 0.155. The number of benzene rings is 1. The van der Waals surface area contributed by atoms with Crippen molar-refractivity contribution in [3.8, 4) is 0 Å². The molecule has 2 aliphatic rings. The Balaban J connectivity index is 1.84. The Kier molecular flexibility index (Phi) is 4.03. The smallest absolute Gasteiger partial charge is 0.293 e. The highest BCUT2D eigenvalue weighted by Gasteiger charge is 2.38. The number of hydrogen-bond donors (Lipinski definition) is 2. The van der Waals surface area contributed by atoms with Gasteiger partial charge in [0.05, 0.1) is 9.82 Å². The fourth-order valence-electron chi connectivity index (χ4n) is 3.71. The second kappa shape index (κ2) is 5.73. The molecule has 1 aromatic rings. The van der Waals surface area contributed by atoms with Gasteiger partial charge < -0.3 is 10.2 Å². The van der Waals surface area contributed by atoms with E-state index in [0.717, 1.165) is 31.7 Å². The number of nitrogens with two attached hydrogens (primary N) is 1. The Morgan fingerprint density at radius 3 is 2.43 bits per heavy atom. The van der Waals surface area contributed by atoms with Crippen LogP contribution >= 0.6 is 0 Å². The molecule has 126 valence electrons. The first-order chi connectivity index (χ1) is 10.8. The molecule has 8 nitrogen and oxygen atoms in total. The summed E-state index contributed by atoms with van der Waals surface area (Å²) < 4.78 is 22.7. The molecule has 0 spiro atoms. The van der Waals surface area contributed by atoms with Crippen LogP contribution < -0.4 is 10.5 Å². The van der Waals surface area contributed by atoms with Gasteiger partial charge in [0.1, 0.15) is 5.69 Å². The van der Waals surface area contributed by atoms with Crippen LogP contribution in [0.5, 0.6) is 0 Å². The van der Waals surface area contributed by atoms with Crippen LogP contribution in [0.3, 0.4) is 0 Å². The molecule has 0 aliphatic carbocycles. The highest BCUT2D eigenvalue weighted by atomic mass is 32.2. The van der Waals surface area contributed by atoms with Gasteiger partial charge in [-0.3, -0.25) is 10.1 Å². The Hall–Kier alpha value is -1.71. The van der Waals surface area contributed by atoms with E-state index in [9.17, 15) is 18.5 Å². The van der Waals surface area contributed by atoms with Crippen molar-refractivity contribution in [2.24, 2.45) is 5.14 Å². The van der Waals surface area contributed by atoms with Crippen molar-refractivity contribution in [1.29, 1.82) is 0 Å². The lowest BCUT2D eigenvalue weighted by atomic mass is 9.97. The molecular weight excluding hydrogens is 320 g/mol. The highest BCUT2D eigenvalue weighted by Crippen LogP contribution is 2.37. The lowest BCUT2D eigenvalue weighted by Gasteiger charge is -2.36. The third-order valence-corrected chi connectivity index (χ3v) is 5.86. The number of sulfonamides is 1. The van der Waals surface area contributed by atoms with E-state index < -0.39 is 14.9 Å². The third-order valence-electron chi connectivity index (χ3n) is 4.95. The molecule has 2 aliphatic heterocycles. The summed E-state index contributed by atoms with van der Waals surface area (Å²) in [4.78, 5) is 12.8. The Morgan fingerprint density at radius 2 is 1.91 bits per heavy atom. The normalized spacial score (nSPS) is 27.8. The van der Waals surface area contributed by atoms with E-state index in [-0.39, 0.29) is 16.6 Å². The number of hydrogen-bond acceptors (Lipinski definition) is 6. The van der Waals surface area contributed by atoms with Crippen molar-refractivity contribution in [1.82, 2.24) is 4.90 Å². The van der Waals surface area contributed by atoms with Crippen LogP contribution in [0.15, 0.2) is 23.1 Å². The van der Waals surface area contributed by atoms with E-state index >= 15 is 0 Å². The number of nitrogens with zero attached hydrogens (tertiary/aromatic N) is 2. The average molecular weight is 340 g/mol. The van der Waals surface area contributed by atoms with Crippen molar-refractivity contribution < 1.29 is 13.3 Å². The zero-order valence-corrected chi connectivity index (χ0v) is 13.6. The van der Waals surface area contributed by atoms with Gasteiger partial charge >= 0.3 is 0 Å². The molecular formula is C14H20N4O4S. The predicted octanol–water partition coefficient (Wildman–Crippen LogP) is 1.28. The van der Waals surface area contributed by atoms with Crippen LogP contribution in [0.4, 0.5) is 11.4 Å². The van der Waals surface area contributed by atoms with Gasteiger partial charge in [-0.15, -0.1) is 0 Å². The Labute approximate surface area is 134 Å². The number of rotatable bonds is 4. The zero-order chi connectivity index (χ0) is 16.8. The largest absolute Gasteiger partial charge is 0.377 e. The fraction of sp³-hybridized carbons (Fsp3) is 0.571. The molecule has 2 fully saturated rings. The number of nitrogens with one attached hydrogen (secondary N) is 1. The molecule has 3 atom stereocenters. The van der Waals surface area contributed by atoms with Crippen LogP contribution in [0.1, 0.15) is 25.7 Å². The minimum atomic E-state index is -3.96. The molecule has 2 bridgehead atoms. The van der Waals surface area contributed by atoms with Gasteiger partial charge in [0.15, 0.2) is 0 Å². The maximum Gasteiger partial charge on any atom is 0.293 e. The lowest BCUT2D eigenvalue weighted by molar-refractivity contribution is -0.384. The van der Waals surface area contributed by atoms with Gasteiger partial charge in [0.2, 0.25) is 10.0 Å². The minimum Gasteiger partial charge on any atom is -0.377 e. The van der Waals surface area contributed by atoms with Crippen LogP contribution in [-0.2, 0) is 10.0 Å². The molecule has 3 N–H and O–H groups in total. The van der Waals surface area contributed by atoms with Gasteiger partial charge in [-0.1, -0.05) is 0 Å². The molecule has 1 aromatic carbocycles. The molecule has 9 heteroatoms. The van der Waals surface area contributed by atoms with Crippen molar-refractivity contribution in [2.45, 2.75) is 48.7 Å². The molecule has 0 aromatic heterocycles. The molecule has 3 rings (SSSR count). The number of nitro groups is 1. The molecule has 0 unspecified atom stereocenters. The van der Waals surface area contributed by atoms with E-state index in [0.29, 0.717) is 17.8 Å². The first kappa shape index (κ1) is 16.2. The van der Waals surface area contributed by atoms with E-state index in [4.69, 9.17) is 5.14 Å². The van der Waals surface area contributed by atoms with Crippen molar-refractivity contribution in [3.63, 3.8) is 0 Å². The van der Waals surface area contributed by atoms with Crippen LogP contribution in [0.25, 0.3) is 0 Å². The fourth-order valence-corrected chi connectivity index (χ4v) is 4.24. The van der Waals surface area contributed by atoms with Gasteiger partial charge in [-0.25, -0.2) is 13.6 Å². The molecule has 2 saturated heterocycles. The number of piperidine rings is 1. The van der Waals surface area contributed by atoms with E-state index in [1.165, 1.54) is 12.1 Å². The molecule has 0 amide bonds. The van der Waals surface area contributed by atoms with Crippen LogP contribution in [0, 0.1) is 10.1 Å². The second-order valence-corrected chi connectivity index (χ2v) is 7.91. The lowest BCUT2D eigenvalue weighted by Crippen LogP contribution is -2.44. The highest BCUT2D eigenvalue weighted by molar-refractivity contribution is 7.89. The van der Waals surface area contributed by atoms with Gasteiger partial charge in [0.25, 0.3) is 5.69 Å².